The molecule has 0 saturated carbocycles. The van der Waals surface area contributed by atoms with E-state index >= 15 is 0 Å². The van der Waals surface area contributed by atoms with Crippen LogP contribution in [-0.2, 0) is 6.42 Å². The number of hydrogen-bond donors (Lipinski definition) is 3. The fraction of sp³-hybridized carbons (Fsp3) is 0.167. The van der Waals surface area contributed by atoms with E-state index in [0.29, 0.717) is 36.1 Å². The molecular formula is C24H23N3O4S2. The minimum atomic E-state index is -0.260. The molecule has 0 aliphatic carbocycles. The number of benzene rings is 2. The lowest BCUT2D eigenvalue weighted by molar-refractivity contribution is 0.325. The minimum absolute atomic E-state index is 0.0640. The van der Waals surface area contributed by atoms with E-state index < -0.39 is 0 Å². The minimum Gasteiger partial charge on any atom is -0.494 e. The van der Waals surface area contributed by atoms with Gasteiger partial charge in [0, 0.05) is 24.6 Å². The summed E-state index contributed by atoms with van der Waals surface area (Å²) in [5.41, 5.74) is 1.84. The molecule has 9 heteroatoms. The number of ether oxygens (including phenoxy) is 2. The zero-order chi connectivity index (χ0) is 23.2. The Morgan fingerprint density at radius 2 is 1.82 bits per heavy atom. The number of nitrogens with zero attached hydrogens (tertiary/aromatic N) is 2. The molecule has 4 aromatic rings. The Kier molecular flexibility index (Phi) is 7.21. The van der Waals surface area contributed by atoms with Crippen LogP contribution in [0, 0.1) is 0 Å². The Morgan fingerprint density at radius 3 is 2.52 bits per heavy atom. The zero-order valence-electron chi connectivity index (χ0n) is 17.9. The van der Waals surface area contributed by atoms with Crippen molar-refractivity contribution in [1.82, 2.24) is 9.97 Å². The lowest BCUT2D eigenvalue weighted by Crippen LogP contribution is -2.24. The van der Waals surface area contributed by atoms with Gasteiger partial charge in [-0.2, -0.15) is 0 Å². The summed E-state index contributed by atoms with van der Waals surface area (Å²) in [6.45, 7) is 1.10. The molecule has 0 unspecified atom stereocenters. The highest BCUT2D eigenvalue weighted by molar-refractivity contribution is 7.80. The van der Waals surface area contributed by atoms with E-state index in [-0.39, 0.29) is 10.8 Å². The third-order valence-electron chi connectivity index (χ3n) is 4.90. The van der Waals surface area contributed by atoms with Crippen molar-refractivity contribution < 1.29 is 14.6 Å². The SMILES string of the molecule is CN(CCOc1ccc(Cc2sc(=O)[nH]c2O)cc1)c1cccnc1Oc1ccc(S)cc1. The third-order valence-corrected chi connectivity index (χ3v) is 6.07. The average molecular weight is 482 g/mol. The molecule has 0 radical (unpaired) electrons. The molecule has 2 aromatic carbocycles. The first-order valence-electron chi connectivity index (χ1n) is 10.2. The Bertz CT molecular complexity index is 1250. The van der Waals surface area contributed by atoms with Gasteiger partial charge in [-0.25, -0.2) is 4.98 Å². The standard InChI is InChI=1S/C24H23N3O4S2/c1-27(20-3-2-12-25-23(20)31-18-8-10-19(32)11-9-18)13-14-30-17-6-4-16(5-7-17)15-21-22(28)26-24(29)33-21/h2-12,28,32H,13-15H2,1H3,(H,26,29). The first-order chi connectivity index (χ1) is 16.0. The molecule has 0 bridgehead atoms. The quantitative estimate of drug-likeness (QED) is 0.300. The maximum atomic E-state index is 11.3. The number of aromatic amines is 1. The van der Waals surface area contributed by atoms with Gasteiger partial charge in [0.25, 0.3) is 0 Å². The van der Waals surface area contributed by atoms with Crippen LogP contribution in [0.25, 0.3) is 0 Å². The predicted octanol–water partition coefficient (Wildman–Crippen LogP) is 4.72. The van der Waals surface area contributed by atoms with Crippen molar-refractivity contribution in [2.45, 2.75) is 11.3 Å². The number of aromatic hydroxyl groups is 1. The Morgan fingerprint density at radius 1 is 1.09 bits per heavy atom. The molecule has 0 amide bonds. The number of thiol groups is 1. The molecule has 0 spiro atoms. The molecule has 0 atom stereocenters. The Hall–Kier alpha value is -3.43. The van der Waals surface area contributed by atoms with Gasteiger partial charge < -0.3 is 19.5 Å². The van der Waals surface area contributed by atoms with Crippen LogP contribution in [0.2, 0.25) is 0 Å². The summed E-state index contributed by atoms with van der Waals surface area (Å²) >= 11 is 5.31. The number of H-pyrrole nitrogens is 1. The van der Waals surface area contributed by atoms with Crippen molar-refractivity contribution in [2.24, 2.45) is 0 Å². The van der Waals surface area contributed by atoms with Gasteiger partial charge in [-0.1, -0.05) is 23.5 Å². The second-order valence-corrected chi connectivity index (χ2v) is 8.88. The van der Waals surface area contributed by atoms with E-state index in [2.05, 4.69) is 22.6 Å². The first kappa shape index (κ1) is 22.8. The van der Waals surface area contributed by atoms with Crippen molar-refractivity contribution >= 4 is 29.7 Å². The molecule has 2 aromatic heterocycles. The summed E-state index contributed by atoms with van der Waals surface area (Å²) in [6.07, 6.45) is 2.18. The van der Waals surface area contributed by atoms with Gasteiger partial charge in [0.05, 0.1) is 11.4 Å². The third kappa shape index (κ3) is 6.09. The van der Waals surface area contributed by atoms with Crippen LogP contribution in [0.5, 0.6) is 23.3 Å². The molecular weight excluding hydrogens is 458 g/mol. The van der Waals surface area contributed by atoms with Crippen molar-refractivity contribution in [1.29, 1.82) is 0 Å². The molecule has 0 aliphatic heterocycles. The van der Waals surface area contributed by atoms with Gasteiger partial charge in [-0.15, -0.1) is 12.6 Å². The summed E-state index contributed by atoms with van der Waals surface area (Å²) in [5.74, 6) is 1.89. The highest BCUT2D eigenvalue weighted by Gasteiger charge is 2.11. The molecule has 33 heavy (non-hydrogen) atoms. The number of likely N-dealkylation sites (N-methyl/N-ethyl adjacent to an activating group) is 1. The van der Waals surface area contributed by atoms with E-state index in [1.165, 1.54) is 0 Å². The topological polar surface area (TPSA) is 87.7 Å². The van der Waals surface area contributed by atoms with Crippen LogP contribution in [0.3, 0.4) is 0 Å². The Labute approximate surface area is 200 Å². The van der Waals surface area contributed by atoms with E-state index in [0.717, 1.165) is 33.2 Å². The van der Waals surface area contributed by atoms with Crippen LogP contribution >= 0.6 is 24.0 Å². The zero-order valence-corrected chi connectivity index (χ0v) is 19.6. The van der Waals surface area contributed by atoms with E-state index in [1.54, 1.807) is 6.20 Å². The highest BCUT2D eigenvalue weighted by atomic mass is 32.1. The van der Waals surface area contributed by atoms with Crippen molar-refractivity contribution in [3.63, 3.8) is 0 Å². The summed E-state index contributed by atoms with van der Waals surface area (Å²) in [4.78, 5) is 21.3. The summed E-state index contributed by atoms with van der Waals surface area (Å²) < 4.78 is 11.8. The van der Waals surface area contributed by atoms with E-state index in [9.17, 15) is 9.90 Å². The van der Waals surface area contributed by atoms with Gasteiger partial charge in [0.15, 0.2) is 0 Å². The van der Waals surface area contributed by atoms with Crippen LogP contribution in [-0.4, -0.2) is 35.3 Å². The van der Waals surface area contributed by atoms with E-state index in [1.807, 2.05) is 72.6 Å². The van der Waals surface area contributed by atoms with Gasteiger partial charge in [0.1, 0.15) is 23.8 Å². The maximum Gasteiger partial charge on any atom is 0.307 e. The van der Waals surface area contributed by atoms with Gasteiger partial charge in [-0.05, 0) is 54.1 Å². The second-order valence-electron chi connectivity index (χ2n) is 7.30. The Balaban J connectivity index is 1.32. The molecule has 2 N–H and O–H groups in total. The molecule has 7 nitrogen and oxygen atoms in total. The average Bonchev–Trinajstić information content (AvgIpc) is 3.13. The number of aromatic nitrogens is 2. The smallest absolute Gasteiger partial charge is 0.307 e. The molecule has 2 heterocycles. The number of rotatable bonds is 9. The fourth-order valence-electron chi connectivity index (χ4n) is 3.16. The molecule has 4 rings (SSSR count). The second kappa shape index (κ2) is 10.5. The molecule has 0 aliphatic rings. The van der Waals surface area contributed by atoms with E-state index in [4.69, 9.17) is 9.47 Å². The number of nitrogens with one attached hydrogen (secondary N) is 1. The largest absolute Gasteiger partial charge is 0.494 e. The number of anilines is 1. The van der Waals surface area contributed by atoms with Gasteiger partial charge >= 0.3 is 4.87 Å². The van der Waals surface area contributed by atoms with Crippen molar-refractivity contribution in [3.05, 3.63) is 87.0 Å². The molecule has 170 valence electrons. The lowest BCUT2D eigenvalue weighted by atomic mass is 10.1. The predicted molar refractivity (Wildman–Crippen MR) is 133 cm³/mol. The fourth-order valence-corrected chi connectivity index (χ4v) is 4.07. The van der Waals surface area contributed by atoms with Crippen molar-refractivity contribution in [2.75, 3.05) is 25.1 Å². The highest BCUT2D eigenvalue weighted by Crippen LogP contribution is 2.29. The molecule has 0 saturated heterocycles. The van der Waals surface area contributed by atoms with Crippen LogP contribution in [0.15, 0.2) is 76.6 Å². The van der Waals surface area contributed by atoms with Crippen LogP contribution < -0.4 is 19.2 Å². The lowest BCUT2D eigenvalue weighted by Gasteiger charge is -2.21. The number of hydrogen-bond acceptors (Lipinski definition) is 8. The number of pyridine rings is 1. The summed E-state index contributed by atoms with van der Waals surface area (Å²) in [5, 5.41) is 9.73. The monoisotopic (exact) mass is 481 g/mol. The molecule has 0 fully saturated rings. The summed E-state index contributed by atoms with van der Waals surface area (Å²) in [7, 11) is 1.96. The van der Waals surface area contributed by atoms with Crippen LogP contribution in [0.4, 0.5) is 5.69 Å². The number of thiazole rings is 1. The summed E-state index contributed by atoms with van der Waals surface area (Å²) in [6, 6.07) is 18.9. The first-order valence-corrected chi connectivity index (χ1v) is 11.5. The maximum absolute atomic E-state index is 11.3. The van der Waals surface area contributed by atoms with Gasteiger partial charge in [-0.3, -0.25) is 9.78 Å². The van der Waals surface area contributed by atoms with Gasteiger partial charge in [0.2, 0.25) is 11.8 Å². The van der Waals surface area contributed by atoms with Crippen LogP contribution in [0.1, 0.15) is 10.4 Å². The normalized spacial score (nSPS) is 10.7. The van der Waals surface area contributed by atoms with Crippen molar-refractivity contribution in [3.8, 4) is 23.3 Å².